The maximum Gasteiger partial charge on any atom is 0.319 e. The first-order chi connectivity index (χ1) is 15.0. The molecule has 3 rings (SSSR count). The second-order valence-electron chi connectivity index (χ2n) is 8.04. The SMILES string of the molecule is COc1ccc(C2=C(S(=O)(=O)[O-])C(c3ccc(C=C(C#N)C#[NH+])cc3)=C2[N+](C)(C)C)cc1. The largest absolute Gasteiger partial charge is 0.744 e. The van der Waals surface area contributed by atoms with Crippen molar-refractivity contribution in [3.05, 3.63) is 81.4 Å². The van der Waals surface area contributed by atoms with Gasteiger partial charge >= 0.3 is 6.07 Å². The van der Waals surface area contributed by atoms with Gasteiger partial charge in [0.1, 0.15) is 21.9 Å². The molecule has 0 atom stereocenters. The number of rotatable bonds is 6. The van der Waals surface area contributed by atoms with Gasteiger partial charge < -0.3 is 9.29 Å². The number of allylic oxidation sites excluding steroid dienone is 3. The normalized spacial score (nSPS) is 14.5. The molecule has 32 heavy (non-hydrogen) atoms. The topological polar surface area (TPSA) is 114 Å². The lowest BCUT2D eigenvalue weighted by molar-refractivity contribution is -0.826. The third kappa shape index (κ3) is 4.34. The van der Waals surface area contributed by atoms with Gasteiger partial charge in [0.25, 0.3) is 0 Å². The molecule has 0 aromatic heterocycles. The standard InChI is InChI=1S/C24H21N3O4S/c1-27(2,3)23-21(18-7-5-16(6-8-18)13-17(14-25)15-26)24(32(28,29)30)22(23)19-9-11-20(31-4)12-10-19/h5-13H,1-4H3/p+1. The predicted molar refractivity (Wildman–Crippen MR) is 119 cm³/mol. The molecular formula is C24H22N3O4S+. The van der Waals surface area contributed by atoms with Crippen LogP contribution in [-0.2, 0) is 10.1 Å². The fraction of sp³-hybridized carbons (Fsp3) is 0.167. The highest BCUT2D eigenvalue weighted by molar-refractivity contribution is 7.90. The summed E-state index contributed by atoms with van der Waals surface area (Å²) in [5.41, 5.74) is 3.42. The van der Waals surface area contributed by atoms with Gasteiger partial charge in [0, 0.05) is 0 Å². The van der Waals surface area contributed by atoms with Gasteiger partial charge in [-0.15, -0.1) is 0 Å². The zero-order valence-electron chi connectivity index (χ0n) is 18.1. The second-order valence-corrected chi connectivity index (χ2v) is 9.36. The molecule has 0 fully saturated rings. The zero-order valence-corrected chi connectivity index (χ0v) is 18.9. The second kappa shape index (κ2) is 8.45. The molecule has 7 nitrogen and oxygen atoms in total. The van der Waals surface area contributed by atoms with E-state index in [4.69, 9.17) is 15.3 Å². The molecule has 0 saturated carbocycles. The van der Waals surface area contributed by atoms with Crippen molar-refractivity contribution in [2.75, 3.05) is 28.3 Å². The lowest BCUT2D eigenvalue weighted by Crippen LogP contribution is -2.39. The van der Waals surface area contributed by atoms with Crippen molar-refractivity contribution < 1.29 is 27.5 Å². The molecule has 1 N–H and O–H groups in total. The van der Waals surface area contributed by atoms with Crippen LogP contribution in [0.25, 0.3) is 17.2 Å². The van der Waals surface area contributed by atoms with E-state index in [1.54, 1.807) is 55.6 Å². The first-order valence-corrected chi connectivity index (χ1v) is 11.0. The highest BCUT2D eigenvalue weighted by Gasteiger charge is 2.42. The van der Waals surface area contributed by atoms with Crippen LogP contribution in [0.3, 0.4) is 0 Å². The van der Waals surface area contributed by atoms with E-state index in [0.29, 0.717) is 38.1 Å². The summed E-state index contributed by atoms with van der Waals surface area (Å²) in [4.78, 5) is -0.237. The first kappa shape index (κ1) is 23.0. The van der Waals surface area contributed by atoms with Crippen molar-refractivity contribution in [1.82, 2.24) is 0 Å². The monoisotopic (exact) mass is 448 g/mol. The highest BCUT2D eigenvalue weighted by Crippen LogP contribution is 2.51. The van der Waals surface area contributed by atoms with Crippen LogP contribution in [0, 0.1) is 17.4 Å². The van der Waals surface area contributed by atoms with Gasteiger partial charge in [0.15, 0.2) is 11.3 Å². The molecular weight excluding hydrogens is 426 g/mol. The molecule has 0 spiro atoms. The summed E-state index contributed by atoms with van der Waals surface area (Å²) in [5.74, 6) is 0.624. The van der Waals surface area contributed by atoms with Crippen LogP contribution in [0.1, 0.15) is 16.7 Å². The molecule has 1 aliphatic carbocycles. The Morgan fingerprint density at radius 3 is 2.00 bits per heavy atom. The Morgan fingerprint density at radius 2 is 1.56 bits per heavy atom. The van der Waals surface area contributed by atoms with E-state index in [9.17, 15) is 13.0 Å². The van der Waals surface area contributed by atoms with Gasteiger partial charge in [-0.05, 0) is 34.9 Å². The van der Waals surface area contributed by atoms with Crippen LogP contribution in [0.5, 0.6) is 5.75 Å². The quantitative estimate of drug-likeness (QED) is 0.411. The van der Waals surface area contributed by atoms with Crippen LogP contribution in [-0.4, -0.2) is 45.7 Å². The highest BCUT2D eigenvalue weighted by atomic mass is 32.2. The number of likely N-dealkylation sites (N-methyl/N-ethyl adjacent to an activating group) is 1. The number of nitrogens with zero attached hydrogens (tertiary/aromatic N) is 2. The molecule has 2 aromatic rings. The van der Waals surface area contributed by atoms with Crippen molar-refractivity contribution in [2.45, 2.75) is 0 Å². The van der Waals surface area contributed by atoms with Crippen LogP contribution in [0.4, 0.5) is 0 Å². The zero-order chi connectivity index (χ0) is 23.7. The molecule has 0 bridgehead atoms. The smallest absolute Gasteiger partial charge is 0.319 e. The van der Waals surface area contributed by atoms with Crippen LogP contribution >= 0.6 is 0 Å². The van der Waals surface area contributed by atoms with Crippen molar-refractivity contribution in [2.24, 2.45) is 0 Å². The van der Waals surface area contributed by atoms with Gasteiger partial charge in [-0.25, -0.2) is 8.42 Å². The fourth-order valence-electron chi connectivity index (χ4n) is 3.63. The average molecular weight is 449 g/mol. The molecule has 0 aliphatic heterocycles. The van der Waals surface area contributed by atoms with Gasteiger partial charge in [-0.3, -0.25) is 4.48 Å². The average Bonchev–Trinajstić information content (AvgIpc) is 2.70. The fourth-order valence-corrected chi connectivity index (χ4v) is 4.55. The lowest BCUT2D eigenvalue weighted by atomic mass is 9.83. The molecule has 0 amide bonds. The molecule has 1 aliphatic rings. The number of nitrogens with one attached hydrogen (secondary N) is 1. The first-order valence-electron chi connectivity index (χ1n) is 9.58. The summed E-state index contributed by atoms with van der Waals surface area (Å²) in [6, 6.07) is 17.6. The van der Waals surface area contributed by atoms with Gasteiger partial charge in [0.05, 0.1) is 44.3 Å². The molecule has 0 heterocycles. The minimum Gasteiger partial charge on any atom is -0.744 e. The van der Waals surface area contributed by atoms with E-state index < -0.39 is 10.1 Å². The third-order valence-electron chi connectivity index (χ3n) is 4.99. The molecule has 162 valence electrons. The number of benzene rings is 2. The van der Waals surface area contributed by atoms with Crippen molar-refractivity contribution in [3.63, 3.8) is 0 Å². The van der Waals surface area contributed by atoms with Crippen LogP contribution in [0.15, 0.2) is 64.7 Å². The van der Waals surface area contributed by atoms with Crippen molar-refractivity contribution in [3.8, 4) is 17.9 Å². The predicted octanol–water partition coefficient (Wildman–Crippen LogP) is 1.76. The van der Waals surface area contributed by atoms with E-state index in [2.05, 4.69) is 0 Å². The molecule has 0 saturated heterocycles. The Bertz CT molecular complexity index is 1330. The van der Waals surface area contributed by atoms with E-state index in [-0.39, 0.29) is 10.5 Å². The number of methoxy groups -OCH3 is 1. The van der Waals surface area contributed by atoms with E-state index >= 15 is 0 Å². The Balaban J connectivity index is 2.19. The van der Waals surface area contributed by atoms with Gasteiger partial charge in [-0.2, -0.15) is 5.26 Å². The number of nitriles is 1. The molecule has 0 radical (unpaired) electrons. The Morgan fingerprint density at radius 1 is 1.03 bits per heavy atom. The van der Waals surface area contributed by atoms with Crippen molar-refractivity contribution >= 4 is 27.3 Å². The molecule has 8 heteroatoms. The minimum absolute atomic E-state index is 0.0668. The van der Waals surface area contributed by atoms with Gasteiger partial charge in [-0.1, -0.05) is 41.7 Å². The summed E-state index contributed by atoms with van der Waals surface area (Å²) in [6.07, 6.45) is 1.50. The van der Waals surface area contributed by atoms with Crippen LogP contribution in [0.2, 0.25) is 0 Å². The molecule has 2 aromatic carbocycles. The number of ether oxygens (including phenoxy) is 1. The number of quaternary nitrogens is 1. The number of hydrogen-bond acceptors (Lipinski definition) is 5. The number of hydrogen-bond donors (Lipinski definition) is 1. The molecule has 0 unspecified atom stereocenters. The van der Waals surface area contributed by atoms with E-state index in [1.165, 1.54) is 6.08 Å². The summed E-state index contributed by atoms with van der Waals surface area (Å²) in [6.45, 7) is 0. The maximum atomic E-state index is 12.3. The Kier molecular flexibility index (Phi) is 6.07. The third-order valence-corrected chi connectivity index (χ3v) is 5.90. The summed E-state index contributed by atoms with van der Waals surface area (Å²) in [5, 5.41) is 16.1. The van der Waals surface area contributed by atoms with E-state index in [0.717, 1.165) is 5.70 Å². The Labute approximate surface area is 187 Å². The summed E-state index contributed by atoms with van der Waals surface area (Å²) >= 11 is 0. The van der Waals surface area contributed by atoms with E-state index in [1.807, 2.05) is 33.3 Å². The van der Waals surface area contributed by atoms with Crippen molar-refractivity contribution in [1.29, 1.82) is 5.26 Å². The Hall–Kier alpha value is -3.69. The lowest BCUT2D eigenvalue weighted by Gasteiger charge is -2.39. The maximum absolute atomic E-state index is 12.3. The summed E-state index contributed by atoms with van der Waals surface area (Å²) < 4.78 is 42.4. The van der Waals surface area contributed by atoms with Gasteiger partial charge in [0.2, 0.25) is 0 Å². The summed E-state index contributed by atoms with van der Waals surface area (Å²) in [7, 11) is 2.49. The van der Waals surface area contributed by atoms with Crippen LogP contribution < -0.4 is 10.00 Å². The minimum atomic E-state index is -4.77.